The van der Waals surface area contributed by atoms with E-state index in [1.54, 1.807) is 27.2 Å². The van der Waals surface area contributed by atoms with E-state index in [4.69, 9.17) is 14.2 Å². The first-order valence-corrected chi connectivity index (χ1v) is 5.69. The summed E-state index contributed by atoms with van der Waals surface area (Å²) in [6.07, 6.45) is 3.02. The summed E-state index contributed by atoms with van der Waals surface area (Å²) in [6, 6.07) is 3.69. The zero-order valence-corrected chi connectivity index (χ0v) is 11.1. The first-order chi connectivity index (χ1) is 8.62. The molecule has 4 nitrogen and oxygen atoms in total. The predicted molar refractivity (Wildman–Crippen MR) is 70.0 cm³/mol. The van der Waals surface area contributed by atoms with Crippen LogP contribution in [-0.4, -0.2) is 26.8 Å². The summed E-state index contributed by atoms with van der Waals surface area (Å²) in [5.74, 6) is 1.06. The maximum Gasteiger partial charge on any atom is 0.330 e. The number of rotatable bonds is 5. The van der Waals surface area contributed by atoms with Crippen LogP contribution in [0.5, 0.6) is 11.5 Å². The molecule has 0 atom stereocenters. The van der Waals surface area contributed by atoms with E-state index in [1.165, 1.54) is 6.08 Å². The van der Waals surface area contributed by atoms with Crippen molar-refractivity contribution in [3.63, 3.8) is 0 Å². The number of carbonyl (C=O) groups is 1. The Morgan fingerprint density at radius 2 is 1.89 bits per heavy atom. The molecular weight excluding hydrogens is 232 g/mol. The summed E-state index contributed by atoms with van der Waals surface area (Å²) < 4.78 is 15.3. The van der Waals surface area contributed by atoms with E-state index in [2.05, 4.69) is 0 Å². The summed E-state index contributed by atoms with van der Waals surface area (Å²) in [5, 5.41) is 0. The number of aryl methyl sites for hydroxylation is 1. The fourth-order valence-electron chi connectivity index (χ4n) is 1.55. The Morgan fingerprint density at radius 1 is 1.22 bits per heavy atom. The first kappa shape index (κ1) is 14.1. The van der Waals surface area contributed by atoms with E-state index >= 15 is 0 Å². The minimum absolute atomic E-state index is 0.359. The van der Waals surface area contributed by atoms with Crippen LogP contribution in [0.15, 0.2) is 18.2 Å². The van der Waals surface area contributed by atoms with Crippen LogP contribution < -0.4 is 9.47 Å². The van der Waals surface area contributed by atoms with Crippen molar-refractivity contribution in [3.05, 3.63) is 29.3 Å². The van der Waals surface area contributed by atoms with Gasteiger partial charge in [0.2, 0.25) is 0 Å². The minimum Gasteiger partial charge on any atom is -0.496 e. The van der Waals surface area contributed by atoms with Crippen LogP contribution in [0.2, 0.25) is 0 Å². The third kappa shape index (κ3) is 3.52. The third-order valence-electron chi connectivity index (χ3n) is 2.43. The number of benzene rings is 1. The average Bonchev–Trinajstić information content (AvgIpc) is 2.37. The number of ether oxygens (including phenoxy) is 3. The molecule has 0 unspecified atom stereocenters. The van der Waals surface area contributed by atoms with Gasteiger partial charge in [-0.2, -0.15) is 0 Å². The van der Waals surface area contributed by atoms with E-state index < -0.39 is 0 Å². The van der Waals surface area contributed by atoms with Gasteiger partial charge in [-0.1, -0.05) is 0 Å². The Bertz CT molecular complexity index is 449. The molecule has 0 heterocycles. The maximum atomic E-state index is 11.3. The Morgan fingerprint density at radius 3 is 2.44 bits per heavy atom. The van der Waals surface area contributed by atoms with Crippen molar-refractivity contribution in [2.45, 2.75) is 13.8 Å². The van der Waals surface area contributed by atoms with E-state index in [9.17, 15) is 4.79 Å². The second kappa shape index (κ2) is 6.69. The summed E-state index contributed by atoms with van der Waals surface area (Å²) >= 11 is 0. The predicted octanol–water partition coefficient (Wildman–Crippen LogP) is 2.59. The summed E-state index contributed by atoms with van der Waals surface area (Å²) in [4.78, 5) is 11.3. The van der Waals surface area contributed by atoms with E-state index in [0.29, 0.717) is 12.4 Å². The molecule has 1 aromatic carbocycles. The van der Waals surface area contributed by atoms with Crippen LogP contribution in [0.25, 0.3) is 6.08 Å². The summed E-state index contributed by atoms with van der Waals surface area (Å²) in [5.41, 5.74) is 1.75. The average molecular weight is 250 g/mol. The Labute approximate surface area is 107 Å². The van der Waals surface area contributed by atoms with Gasteiger partial charge in [-0.05, 0) is 37.6 Å². The molecule has 0 bridgehead atoms. The highest BCUT2D eigenvalue weighted by molar-refractivity contribution is 5.87. The van der Waals surface area contributed by atoms with Gasteiger partial charge in [-0.25, -0.2) is 4.79 Å². The van der Waals surface area contributed by atoms with Crippen molar-refractivity contribution < 1.29 is 19.0 Å². The highest BCUT2D eigenvalue weighted by atomic mass is 16.5. The quantitative estimate of drug-likeness (QED) is 0.595. The smallest absolute Gasteiger partial charge is 0.330 e. The first-order valence-electron chi connectivity index (χ1n) is 5.69. The molecule has 0 aliphatic carbocycles. The van der Waals surface area contributed by atoms with Gasteiger partial charge in [-0.3, -0.25) is 0 Å². The van der Waals surface area contributed by atoms with Crippen LogP contribution in [0, 0.1) is 6.92 Å². The number of esters is 1. The van der Waals surface area contributed by atoms with Crippen molar-refractivity contribution >= 4 is 12.0 Å². The molecule has 98 valence electrons. The number of hydrogen-bond donors (Lipinski definition) is 0. The second-order valence-corrected chi connectivity index (χ2v) is 3.65. The minimum atomic E-state index is -0.376. The van der Waals surface area contributed by atoms with Crippen molar-refractivity contribution in [1.82, 2.24) is 0 Å². The van der Waals surface area contributed by atoms with Gasteiger partial charge in [0.15, 0.2) is 0 Å². The molecule has 0 radical (unpaired) electrons. The topological polar surface area (TPSA) is 44.8 Å². The normalized spacial score (nSPS) is 10.4. The monoisotopic (exact) mass is 250 g/mol. The largest absolute Gasteiger partial charge is 0.496 e. The lowest BCUT2D eigenvalue weighted by atomic mass is 10.1. The molecule has 1 aromatic rings. The molecule has 0 fully saturated rings. The second-order valence-electron chi connectivity index (χ2n) is 3.65. The van der Waals surface area contributed by atoms with Gasteiger partial charge in [0.25, 0.3) is 0 Å². The van der Waals surface area contributed by atoms with Crippen molar-refractivity contribution in [3.8, 4) is 11.5 Å². The van der Waals surface area contributed by atoms with Gasteiger partial charge in [0, 0.05) is 11.6 Å². The van der Waals surface area contributed by atoms with Crippen LogP contribution in [0.4, 0.5) is 0 Å². The molecule has 1 rings (SSSR count). The molecule has 0 spiro atoms. The van der Waals surface area contributed by atoms with Gasteiger partial charge < -0.3 is 14.2 Å². The molecule has 0 aromatic heterocycles. The van der Waals surface area contributed by atoms with Crippen LogP contribution in [0.3, 0.4) is 0 Å². The third-order valence-corrected chi connectivity index (χ3v) is 2.43. The van der Waals surface area contributed by atoms with E-state index in [1.807, 2.05) is 19.1 Å². The number of hydrogen-bond acceptors (Lipinski definition) is 4. The molecule has 18 heavy (non-hydrogen) atoms. The van der Waals surface area contributed by atoms with Crippen molar-refractivity contribution in [1.29, 1.82) is 0 Å². The Hall–Kier alpha value is -1.97. The number of methoxy groups -OCH3 is 2. The van der Waals surface area contributed by atoms with E-state index in [-0.39, 0.29) is 5.97 Å². The molecule has 0 saturated carbocycles. The lowest BCUT2D eigenvalue weighted by Crippen LogP contribution is -1.99. The zero-order chi connectivity index (χ0) is 13.5. The lowest BCUT2D eigenvalue weighted by molar-refractivity contribution is -0.137. The Kier molecular flexibility index (Phi) is 5.24. The van der Waals surface area contributed by atoms with Gasteiger partial charge in [0.1, 0.15) is 11.5 Å². The standard InChI is InChI=1S/C14H18O4/c1-5-18-14(15)7-6-11-9-12(16-3)10(2)8-13(11)17-4/h6-9H,5H2,1-4H3. The van der Waals surface area contributed by atoms with Gasteiger partial charge in [-0.15, -0.1) is 0 Å². The van der Waals surface area contributed by atoms with Gasteiger partial charge >= 0.3 is 5.97 Å². The molecule has 0 aliphatic heterocycles. The highest BCUT2D eigenvalue weighted by Gasteiger charge is 2.06. The Balaban J connectivity index is 3.03. The highest BCUT2D eigenvalue weighted by Crippen LogP contribution is 2.29. The van der Waals surface area contributed by atoms with E-state index in [0.717, 1.165) is 16.9 Å². The fraction of sp³-hybridized carbons (Fsp3) is 0.357. The van der Waals surface area contributed by atoms with Gasteiger partial charge in [0.05, 0.1) is 20.8 Å². The molecule has 0 N–H and O–H groups in total. The van der Waals surface area contributed by atoms with Crippen molar-refractivity contribution in [2.24, 2.45) is 0 Å². The molecular formula is C14H18O4. The SMILES string of the molecule is CCOC(=O)C=Cc1cc(OC)c(C)cc1OC. The van der Waals surface area contributed by atoms with Crippen molar-refractivity contribution in [2.75, 3.05) is 20.8 Å². The summed E-state index contributed by atoms with van der Waals surface area (Å²) in [6.45, 7) is 4.05. The van der Waals surface area contributed by atoms with Crippen LogP contribution >= 0.6 is 0 Å². The molecule has 0 aliphatic rings. The molecule has 4 heteroatoms. The maximum absolute atomic E-state index is 11.3. The molecule has 0 amide bonds. The van der Waals surface area contributed by atoms with Crippen LogP contribution in [0.1, 0.15) is 18.1 Å². The zero-order valence-electron chi connectivity index (χ0n) is 11.1. The van der Waals surface area contributed by atoms with Crippen LogP contribution in [-0.2, 0) is 9.53 Å². The molecule has 0 saturated heterocycles. The number of carbonyl (C=O) groups excluding carboxylic acids is 1. The lowest BCUT2D eigenvalue weighted by Gasteiger charge is -2.10. The summed E-state index contributed by atoms with van der Waals surface area (Å²) in [7, 11) is 3.19. The fourth-order valence-corrected chi connectivity index (χ4v) is 1.55.